The molecule has 1 aromatic heterocycles. The average Bonchev–Trinajstić information content (AvgIpc) is 2.61. The van der Waals surface area contributed by atoms with E-state index in [1.54, 1.807) is 0 Å². The number of nitrogens with one attached hydrogen (secondary N) is 2. The summed E-state index contributed by atoms with van der Waals surface area (Å²) in [4.78, 5) is 9.02. The van der Waals surface area contributed by atoms with Crippen LogP contribution in [0.3, 0.4) is 0 Å². The van der Waals surface area contributed by atoms with Crippen molar-refractivity contribution in [1.29, 1.82) is 0 Å². The van der Waals surface area contributed by atoms with E-state index in [9.17, 15) is 0 Å². The minimum absolute atomic E-state index is 0.637. The van der Waals surface area contributed by atoms with E-state index in [0.29, 0.717) is 5.95 Å². The summed E-state index contributed by atoms with van der Waals surface area (Å²) in [5, 5.41) is 7.42. The fraction of sp³-hybridized carbons (Fsp3) is 0.238. The van der Waals surface area contributed by atoms with Crippen molar-refractivity contribution in [3.05, 3.63) is 82.0 Å². The molecule has 0 bridgehead atoms. The van der Waals surface area contributed by atoms with E-state index in [1.807, 2.05) is 31.2 Å². The topological polar surface area (TPSA) is 49.8 Å². The smallest absolute Gasteiger partial charge is 0.224 e. The molecule has 2 N–H and O–H groups in total. The first-order valence-electron chi connectivity index (χ1n) is 8.72. The van der Waals surface area contributed by atoms with Gasteiger partial charge >= 0.3 is 0 Å². The van der Waals surface area contributed by atoms with Gasteiger partial charge in [0.05, 0.1) is 0 Å². The Morgan fingerprint density at radius 3 is 2.46 bits per heavy atom. The molecule has 0 aliphatic carbocycles. The molecular weight excluding hydrogens is 344 g/mol. The molecule has 0 aliphatic rings. The number of nitrogens with zero attached hydrogens (tertiary/aromatic N) is 2. The molecule has 5 heteroatoms. The van der Waals surface area contributed by atoms with Gasteiger partial charge in [0.1, 0.15) is 5.82 Å². The molecule has 0 radical (unpaired) electrons. The van der Waals surface area contributed by atoms with E-state index in [0.717, 1.165) is 36.0 Å². The van der Waals surface area contributed by atoms with Crippen LogP contribution in [-0.4, -0.2) is 16.5 Å². The van der Waals surface area contributed by atoms with Crippen molar-refractivity contribution in [2.45, 2.75) is 26.8 Å². The SMILES string of the molecule is Cc1ccc(CNc2cc(C)nc(NCCc3cccc(Cl)c3)n2)cc1. The first kappa shape index (κ1) is 18.2. The largest absolute Gasteiger partial charge is 0.366 e. The average molecular weight is 367 g/mol. The van der Waals surface area contributed by atoms with Crippen molar-refractivity contribution in [2.24, 2.45) is 0 Å². The number of anilines is 2. The van der Waals surface area contributed by atoms with Crippen LogP contribution in [0.2, 0.25) is 5.02 Å². The maximum absolute atomic E-state index is 6.02. The molecule has 0 atom stereocenters. The minimum atomic E-state index is 0.637. The highest BCUT2D eigenvalue weighted by molar-refractivity contribution is 6.30. The summed E-state index contributed by atoms with van der Waals surface area (Å²) in [7, 11) is 0. The summed E-state index contributed by atoms with van der Waals surface area (Å²) in [6.45, 7) is 5.55. The third kappa shape index (κ3) is 5.46. The molecule has 4 nitrogen and oxygen atoms in total. The van der Waals surface area contributed by atoms with Crippen LogP contribution >= 0.6 is 11.6 Å². The third-order valence-corrected chi connectivity index (χ3v) is 4.27. The van der Waals surface area contributed by atoms with Crippen LogP contribution in [0, 0.1) is 13.8 Å². The Balaban J connectivity index is 1.57. The molecule has 0 aliphatic heterocycles. The van der Waals surface area contributed by atoms with Gasteiger partial charge < -0.3 is 10.6 Å². The minimum Gasteiger partial charge on any atom is -0.366 e. The Labute approximate surface area is 159 Å². The van der Waals surface area contributed by atoms with Crippen molar-refractivity contribution in [1.82, 2.24) is 9.97 Å². The third-order valence-electron chi connectivity index (χ3n) is 4.03. The zero-order chi connectivity index (χ0) is 18.4. The fourth-order valence-corrected chi connectivity index (χ4v) is 2.86. The number of aryl methyl sites for hydroxylation is 2. The Morgan fingerprint density at radius 2 is 1.69 bits per heavy atom. The first-order chi connectivity index (χ1) is 12.6. The molecule has 0 amide bonds. The van der Waals surface area contributed by atoms with Crippen molar-refractivity contribution in [3.63, 3.8) is 0 Å². The molecule has 2 aromatic carbocycles. The van der Waals surface area contributed by atoms with Gasteiger partial charge in [0, 0.05) is 29.9 Å². The van der Waals surface area contributed by atoms with Gasteiger partial charge in [-0.2, -0.15) is 4.98 Å². The van der Waals surface area contributed by atoms with E-state index in [-0.39, 0.29) is 0 Å². The Bertz CT molecular complexity index is 862. The highest BCUT2D eigenvalue weighted by atomic mass is 35.5. The second-order valence-electron chi connectivity index (χ2n) is 6.36. The quantitative estimate of drug-likeness (QED) is 0.616. The number of hydrogen-bond donors (Lipinski definition) is 2. The van der Waals surface area contributed by atoms with Crippen LogP contribution in [0.25, 0.3) is 0 Å². The van der Waals surface area contributed by atoms with Gasteiger partial charge in [0.15, 0.2) is 0 Å². The predicted molar refractivity (Wildman–Crippen MR) is 109 cm³/mol. The highest BCUT2D eigenvalue weighted by Crippen LogP contribution is 2.13. The number of hydrogen-bond acceptors (Lipinski definition) is 4. The Hall–Kier alpha value is -2.59. The predicted octanol–water partition coefficient (Wildman–Crippen LogP) is 5.01. The number of benzene rings is 2. The van der Waals surface area contributed by atoms with E-state index >= 15 is 0 Å². The summed E-state index contributed by atoms with van der Waals surface area (Å²) in [5.41, 5.74) is 4.60. The normalized spacial score (nSPS) is 10.6. The van der Waals surface area contributed by atoms with Crippen LogP contribution in [0.15, 0.2) is 54.6 Å². The van der Waals surface area contributed by atoms with Crippen molar-refractivity contribution in [2.75, 3.05) is 17.2 Å². The summed E-state index contributed by atoms with van der Waals surface area (Å²) >= 11 is 6.02. The van der Waals surface area contributed by atoms with Crippen LogP contribution in [0.5, 0.6) is 0 Å². The van der Waals surface area contributed by atoms with Crippen LogP contribution in [0.1, 0.15) is 22.4 Å². The Kier molecular flexibility index (Phi) is 6.08. The van der Waals surface area contributed by atoms with Crippen molar-refractivity contribution >= 4 is 23.4 Å². The van der Waals surface area contributed by atoms with E-state index < -0.39 is 0 Å². The molecule has 1 heterocycles. The molecular formula is C21H23ClN4. The van der Waals surface area contributed by atoms with Gasteiger partial charge in [0.2, 0.25) is 5.95 Å². The van der Waals surface area contributed by atoms with Gasteiger partial charge in [-0.25, -0.2) is 4.98 Å². The fourth-order valence-electron chi connectivity index (χ4n) is 2.65. The molecule has 3 aromatic rings. The van der Waals surface area contributed by atoms with E-state index in [2.05, 4.69) is 57.9 Å². The highest BCUT2D eigenvalue weighted by Gasteiger charge is 2.03. The van der Waals surface area contributed by atoms with Gasteiger partial charge in [-0.15, -0.1) is 0 Å². The lowest BCUT2D eigenvalue weighted by Crippen LogP contribution is -2.10. The second kappa shape index (κ2) is 8.68. The summed E-state index contributed by atoms with van der Waals surface area (Å²) < 4.78 is 0. The molecule has 0 saturated carbocycles. The monoisotopic (exact) mass is 366 g/mol. The van der Waals surface area contributed by atoms with Crippen LogP contribution in [0.4, 0.5) is 11.8 Å². The number of halogens is 1. The van der Waals surface area contributed by atoms with Gasteiger partial charge in [-0.1, -0.05) is 53.6 Å². The molecule has 134 valence electrons. The number of aromatic nitrogens is 2. The molecule has 3 rings (SSSR count). The van der Waals surface area contributed by atoms with Crippen molar-refractivity contribution in [3.8, 4) is 0 Å². The number of rotatable bonds is 7. The van der Waals surface area contributed by atoms with Crippen LogP contribution in [-0.2, 0) is 13.0 Å². The molecule has 0 saturated heterocycles. The molecule has 0 fully saturated rings. The Morgan fingerprint density at radius 1 is 0.885 bits per heavy atom. The van der Waals surface area contributed by atoms with Crippen LogP contribution < -0.4 is 10.6 Å². The lowest BCUT2D eigenvalue weighted by molar-refractivity contribution is 0.970. The zero-order valence-electron chi connectivity index (χ0n) is 15.1. The van der Waals surface area contributed by atoms with E-state index in [4.69, 9.17) is 11.6 Å². The molecule has 0 unspecified atom stereocenters. The summed E-state index contributed by atoms with van der Waals surface area (Å²) in [5.74, 6) is 1.46. The van der Waals surface area contributed by atoms with E-state index in [1.165, 1.54) is 16.7 Å². The van der Waals surface area contributed by atoms with Gasteiger partial charge in [-0.05, 0) is 43.5 Å². The maximum atomic E-state index is 6.02. The van der Waals surface area contributed by atoms with Crippen molar-refractivity contribution < 1.29 is 0 Å². The zero-order valence-corrected chi connectivity index (χ0v) is 15.8. The van der Waals surface area contributed by atoms with Gasteiger partial charge in [-0.3, -0.25) is 0 Å². The van der Waals surface area contributed by atoms with Gasteiger partial charge in [0.25, 0.3) is 0 Å². The standard InChI is InChI=1S/C21H23ClN4/c1-15-6-8-18(9-7-15)14-24-20-12-16(2)25-21(26-20)23-11-10-17-4-3-5-19(22)13-17/h3-9,12-13H,10-11,14H2,1-2H3,(H2,23,24,25,26). The second-order valence-corrected chi connectivity index (χ2v) is 6.80. The molecule has 0 spiro atoms. The lowest BCUT2D eigenvalue weighted by atomic mass is 10.1. The summed E-state index contributed by atoms with van der Waals surface area (Å²) in [6, 6.07) is 18.3. The molecule has 26 heavy (non-hydrogen) atoms. The summed E-state index contributed by atoms with van der Waals surface area (Å²) in [6.07, 6.45) is 0.865. The lowest BCUT2D eigenvalue weighted by Gasteiger charge is -2.10. The first-order valence-corrected chi connectivity index (χ1v) is 9.10. The maximum Gasteiger partial charge on any atom is 0.224 e.